The zero-order chi connectivity index (χ0) is 21.0. The first kappa shape index (κ1) is 30.6. The quantitative estimate of drug-likeness (QED) is 0.356. The van der Waals surface area contributed by atoms with Crippen LogP contribution in [0.1, 0.15) is 24.5 Å². The first-order valence-electron chi connectivity index (χ1n) is 10.2. The van der Waals surface area contributed by atoms with Crippen molar-refractivity contribution in [2.45, 2.75) is 26.3 Å². The molecule has 0 aliphatic carbocycles. The van der Waals surface area contributed by atoms with Gasteiger partial charge in [0.25, 0.3) is 0 Å². The second kappa shape index (κ2) is 17.1. The number of rotatable bonds is 11. The minimum Gasteiger partial charge on any atom is -0.494 e. The van der Waals surface area contributed by atoms with Crippen LogP contribution in [0.3, 0.4) is 0 Å². The monoisotopic (exact) mass is 512 g/mol. The predicted molar refractivity (Wildman–Crippen MR) is 140 cm³/mol. The van der Waals surface area contributed by atoms with Crippen molar-refractivity contribution in [1.82, 2.24) is 14.9 Å². The fourth-order valence-corrected chi connectivity index (χ4v) is 3.17. The summed E-state index contributed by atoms with van der Waals surface area (Å²) in [6.07, 6.45) is 9.29. The maximum atomic E-state index is 11.1. The molecule has 0 spiro atoms. The second-order valence-electron chi connectivity index (χ2n) is 7.15. The fourth-order valence-electron chi connectivity index (χ4n) is 3.17. The zero-order valence-electron chi connectivity index (χ0n) is 18.6. The average molecular weight is 514 g/mol. The van der Waals surface area contributed by atoms with Gasteiger partial charge >= 0.3 is 0 Å². The highest BCUT2D eigenvalue weighted by atomic mass is 35.5. The van der Waals surface area contributed by atoms with E-state index in [1.165, 1.54) is 18.1 Å². The number of aromatic nitrogens is 2. The third-order valence-corrected chi connectivity index (χ3v) is 4.66. The van der Waals surface area contributed by atoms with E-state index in [-0.39, 0.29) is 43.1 Å². The predicted octanol–water partition coefficient (Wildman–Crippen LogP) is 5.21. The van der Waals surface area contributed by atoms with Crippen molar-refractivity contribution in [3.8, 4) is 5.75 Å². The minimum atomic E-state index is -0.0794. The SMILES string of the molecule is CC(=O)Nc1ccc(OCCCN(CCc2cccnc2)Cc2ccncc2)cc1.Cl.Cl.Cl. The van der Waals surface area contributed by atoms with Crippen LogP contribution in [0.25, 0.3) is 0 Å². The van der Waals surface area contributed by atoms with Gasteiger partial charge < -0.3 is 10.1 Å². The standard InChI is InChI=1S/C24H28N4O2.3ClH/c1-20(29)27-23-5-7-24(8-6-23)30-17-3-15-28(19-22-9-13-25-14-10-22)16-11-21-4-2-12-26-18-21;;;/h2,4-10,12-14,18H,3,11,15-17,19H2,1H3,(H,27,29);3*1H. The van der Waals surface area contributed by atoms with Crippen molar-refractivity contribution in [2.24, 2.45) is 0 Å². The molecule has 0 bridgehead atoms. The molecule has 0 fully saturated rings. The van der Waals surface area contributed by atoms with Crippen LogP contribution in [0.5, 0.6) is 5.75 Å². The molecule has 2 heterocycles. The molecule has 0 unspecified atom stereocenters. The summed E-state index contributed by atoms with van der Waals surface area (Å²) in [5.74, 6) is 0.726. The molecule has 180 valence electrons. The molecule has 3 rings (SSSR count). The lowest BCUT2D eigenvalue weighted by atomic mass is 10.2. The third kappa shape index (κ3) is 11.9. The lowest BCUT2D eigenvalue weighted by molar-refractivity contribution is -0.114. The van der Waals surface area contributed by atoms with Gasteiger partial charge in [-0.2, -0.15) is 0 Å². The molecule has 0 radical (unpaired) electrons. The van der Waals surface area contributed by atoms with E-state index in [1.54, 1.807) is 6.20 Å². The molecule has 0 saturated heterocycles. The van der Waals surface area contributed by atoms with Gasteiger partial charge in [-0.25, -0.2) is 0 Å². The van der Waals surface area contributed by atoms with Crippen molar-refractivity contribution in [3.63, 3.8) is 0 Å². The van der Waals surface area contributed by atoms with Gasteiger partial charge in [-0.1, -0.05) is 6.07 Å². The summed E-state index contributed by atoms with van der Waals surface area (Å²) in [5, 5.41) is 2.75. The minimum absolute atomic E-state index is 0. The molecule has 1 N–H and O–H groups in total. The van der Waals surface area contributed by atoms with E-state index < -0.39 is 0 Å². The maximum Gasteiger partial charge on any atom is 0.221 e. The number of anilines is 1. The first-order chi connectivity index (χ1) is 14.7. The van der Waals surface area contributed by atoms with Crippen LogP contribution in [-0.4, -0.2) is 40.5 Å². The van der Waals surface area contributed by atoms with E-state index in [0.717, 1.165) is 43.9 Å². The van der Waals surface area contributed by atoms with Crippen LogP contribution in [0.2, 0.25) is 0 Å². The Balaban J connectivity index is 0.00000341. The Kier molecular flexibility index (Phi) is 15.9. The summed E-state index contributed by atoms with van der Waals surface area (Å²) in [7, 11) is 0. The Morgan fingerprint density at radius 2 is 1.64 bits per heavy atom. The number of ether oxygens (including phenoxy) is 1. The normalized spacial score (nSPS) is 9.76. The summed E-state index contributed by atoms with van der Waals surface area (Å²) in [4.78, 5) is 21.8. The molecule has 9 heteroatoms. The van der Waals surface area contributed by atoms with Gasteiger partial charge in [0.05, 0.1) is 6.61 Å². The highest BCUT2D eigenvalue weighted by Gasteiger charge is 2.07. The number of nitrogens with zero attached hydrogens (tertiary/aromatic N) is 3. The van der Waals surface area contributed by atoms with Crippen LogP contribution < -0.4 is 10.1 Å². The zero-order valence-corrected chi connectivity index (χ0v) is 21.0. The van der Waals surface area contributed by atoms with Crippen LogP contribution in [-0.2, 0) is 17.8 Å². The van der Waals surface area contributed by atoms with Gasteiger partial charge in [-0.05, 0) is 66.4 Å². The highest BCUT2D eigenvalue weighted by molar-refractivity contribution is 5.88. The topological polar surface area (TPSA) is 67.3 Å². The van der Waals surface area contributed by atoms with Gasteiger partial charge in [0.2, 0.25) is 5.91 Å². The van der Waals surface area contributed by atoms with E-state index in [4.69, 9.17) is 4.74 Å². The van der Waals surface area contributed by atoms with Gasteiger partial charge in [0, 0.05) is 57.0 Å². The Morgan fingerprint density at radius 1 is 0.909 bits per heavy atom. The molecular weight excluding hydrogens is 483 g/mol. The molecule has 0 aliphatic heterocycles. The fraction of sp³-hybridized carbons (Fsp3) is 0.292. The van der Waals surface area contributed by atoms with E-state index in [1.807, 2.05) is 48.9 Å². The molecule has 6 nitrogen and oxygen atoms in total. The number of nitrogens with one attached hydrogen (secondary N) is 1. The number of benzene rings is 1. The lowest BCUT2D eigenvalue weighted by Gasteiger charge is -2.22. The number of hydrogen-bond donors (Lipinski definition) is 1. The molecule has 0 aliphatic rings. The molecule has 1 amide bonds. The van der Waals surface area contributed by atoms with Crippen molar-refractivity contribution in [1.29, 1.82) is 0 Å². The maximum absolute atomic E-state index is 11.1. The van der Waals surface area contributed by atoms with Crippen LogP contribution in [0.15, 0.2) is 73.3 Å². The Labute approximate surface area is 214 Å². The molecular formula is C24H31Cl3N4O2. The summed E-state index contributed by atoms with van der Waals surface area (Å²) < 4.78 is 5.87. The summed E-state index contributed by atoms with van der Waals surface area (Å²) in [6, 6.07) is 15.7. The smallest absolute Gasteiger partial charge is 0.221 e. The van der Waals surface area contributed by atoms with E-state index in [9.17, 15) is 4.79 Å². The van der Waals surface area contributed by atoms with Gasteiger partial charge in [-0.15, -0.1) is 37.2 Å². The number of hydrogen-bond acceptors (Lipinski definition) is 5. The largest absolute Gasteiger partial charge is 0.494 e. The second-order valence-corrected chi connectivity index (χ2v) is 7.15. The van der Waals surface area contributed by atoms with Gasteiger partial charge in [0.15, 0.2) is 0 Å². The Morgan fingerprint density at radius 3 is 2.27 bits per heavy atom. The molecule has 1 aromatic carbocycles. The number of amides is 1. The molecule has 0 saturated carbocycles. The highest BCUT2D eigenvalue weighted by Crippen LogP contribution is 2.16. The molecule has 2 aromatic heterocycles. The van der Waals surface area contributed by atoms with E-state index >= 15 is 0 Å². The number of pyridine rings is 2. The summed E-state index contributed by atoms with van der Waals surface area (Å²) in [5.41, 5.74) is 3.27. The van der Waals surface area contributed by atoms with E-state index in [2.05, 4.69) is 38.4 Å². The van der Waals surface area contributed by atoms with Crippen molar-refractivity contribution >= 4 is 48.8 Å². The van der Waals surface area contributed by atoms with Crippen LogP contribution >= 0.6 is 37.2 Å². The number of carbonyl (C=O) groups is 1. The van der Waals surface area contributed by atoms with Gasteiger partial charge in [0.1, 0.15) is 5.75 Å². The Bertz CT molecular complexity index is 901. The Hall–Kier alpha value is -2.38. The van der Waals surface area contributed by atoms with E-state index in [0.29, 0.717) is 6.61 Å². The summed E-state index contributed by atoms with van der Waals surface area (Å²) in [6.45, 7) is 4.91. The lowest BCUT2D eigenvalue weighted by Crippen LogP contribution is -2.28. The molecule has 33 heavy (non-hydrogen) atoms. The van der Waals surface area contributed by atoms with Crippen molar-refractivity contribution in [3.05, 3.63) is 84.4 Å². The number of carbonyl (C=O) groups excluding carboxylic acids is 1. The van der Waals surface area contributed by atoms with Crippen molar-refractivity contribution in [2.75, 3.05) is 25.0 Å². The molecule has 3 aromatic rings. The number of halogens is 3. The molecule has 0 atom stereocenters. The van der Waals surface area contributed by atoms with Crippen LogP contribution in [0, 0.1) is 0 Å². The average Bonchev–Trinajstić information content (AvgIpc) is 2.77. The van der Waals surface area contributed by atoms with Gasteiger partial charge in [-0.3, -0.25) is 19.7 Å². The first-order valence-corrected chi connectivity index (χ1v) is 10.2. The van der Waals surface area contributed by atoms with Crippen LogP contribution in [0.4, 0.5) is 5.69 Å². The third-order valence-electron chi connectivity index (χ3n) is 4.66. The van der Waals surface area contributed by atoms with Crippen molar-refractivity contribution < 1.29 is 9.53 Å². The summed E-state index contributed by atoms with van der Waals surface area (Å²) >= 11 is 0.